The van der Waals surface area contributed by atoms with Gasteiger partial charge in [-0.05, 0) is 49.4 Å². The van der Waals surface area contributed by atoms with Crippen LogP contribution in [0.2, 0.25) is 5.02 Å². The van der Waals surface area contributed by atoms with Crippen LogP contribution in [0.1, 0.15) is 12.5 Å². The summed E-state index contributed by atoms with van der Waals surface area (Å²) in [6.45, 7) is 6.94. The summed E-state index contributed by atoms with van der Waals surface area (Å²) in [4.78, 5) is 15.4. The van der Waals surface area contributed by atoms with Gasteiger partial charge < -0.3 is 24.6 Å². The Morgan fingerprint density at radius 2 is 1.69 bits per heavy atom. The average molecular weight is 420 g/mol. The molecular weight excluding hydrogens is 390 g/mol. The maximum atomic E-state index is 12.6. The third kappa shape index (κ3) is 5.63. The van der Waals surface area contributed by atoms with E-state index in [2.05, 4.69) is 11.4 Å². The molecule has 3 rings (SSSR count). The number of nitrogens with one attached hydrogen (secondary N) is 3. The number of piperazine rings is 1. The van der Waals surface area contributed by atoms with E-state index < -0.39 is 0 Å². The number of carbonyl (C=O) groups is 1. The first-order valence-corrected chi connectivity index (χ1v) is 10.3. The second kappa shape index (κ2) is 9.96. The van der Waals surface area contributed by atoms with Crippen molar-refractivity contribution < 1.29 is 24.1 Å². The summed E-state index contributed by atoms with van der Waals surface area (Å²) >= 11 is 5.90. The molecule has 3 N–H and O–H groups in total. The highest BCUT2D eigenvalue weighted by Crippen LogP contribution is 2.27. The summed E-state index contributed by atoms with van der Waals surface area (Å²) < 4.78 is 10.7. The first-order chi connectivity index (χ1) is 14.0. The number of halogens is 1. The molecule has 6 nitrogen and oxygen atoms in total. The molecule has 1 fully saturated rings. The minimum absolute atomic E-state index is 0.0469. The molecule has 1 amide bonds. The van der Waals surface area contributed by atoms with Crippen LogP contribution in [0.4, 0.5) is 5.69 Å². The summed E-state index contributed by atoms with van der Waals surface area (Å²) in [6.07, 6.45) is 0. The standard InChI is InChI=1S/C22H28ClN3O3/c1-16(22(27)24-19-7-5-18(23)6-8-19)26-12-10-25(11-13-26)15-17-4-9-20(28-2)21(14-17)29-3/h4-9,14,16H,10-13,15H2,1-3H3,(H,24,27)/p+2/t16-/m0/s1. The van der Waals surface area contributed by atoms with Gasteiger partial charge in [0.1, 0.15) is 32.7 Å². The number of anilines is 1. The van der Waals surface area contributed by atoms with Crippen molar-refractivity contribution in [1.82, 2.24) is 0 Å². The molecule has 0 saturated carbocycles. The highest BCUT2D eigenvalue weighted by molar-refractivity contribution is 6.30. The summed E-state index contributed by atoms with van der Waals surface area (Å²) in [5.74, 6) is 1.56. The molecule has 0 aliphatic carbocycles. The predicted molar refractivity (Wildman–Crippen MR) is 114 cm³/mol. The Balaban J connectivity index is 1.50. The maximum Gasteiger partial charge on any atom is 0.282 e. The maximum absolute atomic E-state index is 12.6. The fourth-order valence-electron chi connectivity index (χ4n) is 3.78. The minimum atomic E-state index is -0.0895. The fraction of sp³-hybridized carbons (Fsp3) is 0.409. The van der Waals surface area contributed by atoms with E-state index in [1.165, 1.54) is 15.4 Å². The molecular formula is C22H30ClN3O3+2. The molecule has 7 heteroatoms. The van der Waals surface area contributed by atoms with E-state index in [1.807, 2.05) is 31.2 Å². The molecule has 156 valence electrons. The number of carbonyl (C=O) groups excluding carboxylic acids is 1. The largest absolute Gasteiger partial charge is 0.493 e. The van der Waals surface area contributed by atoms with Gasteiger partial charge in [0, 0.05) is 16.3 Å². The van der Waals surface area contributed by atoms with Crippen LogP contribution in [-0.4, -0.2) is 52.3 Å². The minimum Gasteiger partial charge on any atom is -0.493 e. The van der Waals surface area contributed by atoms with Gasteiger partial charge in [0.25, 0.3) is 5.91 Å². The first kappa shape index (κ1) is 21.4. The lowest BCUT2D eigenvalue weighted by Crippen LogP contribution is -3.29. The second-order valence-electron chi connectivity index (χ2n) is 7.49. The van der Waals surface area contributed by atoms with E-state index in [1.54, 1.807) is 26.4 Å². The lowest BCUT2D eigenvalue weighted by Gasteiger charge is -2.32. The normalized spacial score (nSPS) is 20.0. The lowest BCUT2D eigenvalue weighted by atomic mass is 10.1. The predicted octanol–water partition coefficient (Wildman–Crippen LogP) is 0.668. The van der Waals surface area contributed by atoms with Crippen LogP contribution in [0.15, 0.2) is 42.5 Å². The van der Waals surface area contributed by atoms with Gasteiger partial charge in [-0.25, -0.2) is 0 Å². The fourth-order valence-corrected chi connectivity index (χ4v) is 3.91. The van der Waals surface area contributed by atoms with Crippen molar-refractivity contribution in [3.63, 3.8) is 0 Å². The van der Waals surface area contributed by atoms with Crippen LogP contribution < -0.4 is 24.6 Å². The summed E-state index contributed by atoms with van der Waals surface area (Å²) in [7, 11) is 3.31. The SMILES string of the molecule is COc1ccc(C[NH+]2CC[NH+]([C@@H](C)C(=O)Nc3ccc(Cl)cc3)CC2)cc1OC. The van der Waals surface area contributed by atoms with E-state index in [0.717, 1.165) is 49.9 Å². The van der Waals surface area contributed by atoms with Crippen molar-refractivity contribution in [3.8, 4) is 11.5 Å². The molecule has 29 heavy (non-hydrogen) atoms. The monoisotopic (exact) mass is 419 g/mol. The summed E-state index contributed by atoms with van der Waals surface area (Å²) in [6, 6.07) is 13.2. The zero-order valence-electron chi connectivity index (χ0n) is 17.3. The third-order valence-electron chi connectivity index (χ3n) is 5.62. The van der Waals surface area contributed by atoms with Crippen molar-refractivity contribution in [2.24, 2.45) is 0 Å². The summed E-state index contributed by atoms with van der Waals surface area (Å²) in [5.41, 5.74) is 2.01. The van der Waals surface area contributed by atoms with Crippen molar-refractivity contribution in [3.05, 3.63) is 53.1 Å². The molecule has 0 spiro atoms. The Bertz CT molecular complexity index is 821. The van der Waals surface area contributed by atoms with E-state index in [-0.39, 0.29) is 11.9 Å². The Labute approximate surface area is 177 Å². The number of hydrogen-bond donors (Lipinski definition) is 3. The molecule has 0 aromatic heterocycles. The van der Waals surface area contributed by atoms with Gasteiger partial charge in [0.05, 0.1) is 14.2 Å². The summed E-state index contributed by atoms with van der Waals surface area (Å²) in [5, 5.41) is 3.65. The van der Waals surface area contributed by atoms with E-state index in [9.17, 15) is 4.79 Å². The van der Waals surface area contributed by atoms with Gasteiger partial charge in [-0.1, -0.05) is 11.6 Å². The Morgan fingerprint density at radius 1 is 1.03 bits per heavy atom. The van der Waals surface area contributed by atoms with E-state index >= 15 is 0 Å². The molecule has 2 aromatic carbocycles. The topological polar surface area (TPSA) is 56.4 Å². The van der Waals surface area contributed by atoms with Crippen molar-refractivity contribution in [1.29, 1.82) is 0 Å². The Kier molecular flexibility index (Phi) is 7.36. The highest BCUT2D eigenvalue weighted by atomic mass is 35.5. The van der Waals surface area contributed by atoms with Crippen molar-refractivity contribution in [2.45, 2.75) is 19.5 Å². The quantitative estimate of drug-likeness (QED) is 0.618. The Morgan fingerprint density at radius 3 is 2.31 bits per heavy atom. The first-order valence-electron chi connectivity index (χ1n) is 9.95. The molecule has 2 aromatic rings. The molecule has 0 unspecified atom stereocenters. The average Bonchev–Trinajstić information content (AvgIpc) is 2.75. The molecule has 1 aliphatic heterocycles. The number of hydrogen-bond acceptors (Lipinski definition) is 3. The number of benzene rings is 2. The smallest absolute Gasteiger partial charge is 0.282 e. The van der Waals surface area contributed by atoms with E-state index in [4.69, 9.17) is 21.1 Å². The van der Waals surface area contributed by atoms with Crippen LogP contribution in [0, 0.1) is 0 Å². The lowest BCUT2D eigenvalue weighted by molar-refractivity contribution is -1.02. The van der Waals surface area contributed by atoms with E-state index in [0.29, 0.717) is 5.02 Å². The zero-order valence-corrected chi connectivity index (χ0v) is 18.0. The van der Waals surface area contributed by atoms with Gasteiger partial charge >= 0.3 is 0 Å². The number of rotatable bonds is 7. The Hall–Kier alpha value is -2.28. The van der Waals surface area contributed by atoms with Crippen LogP contribution in [0.3, 0.4) is 0 Å². The van der Waals surface area contributed by atoms with Crippen LogP contribution in [0.5, 0.6) is 11.5 Å². The van der Waals surface area contributed by atoms with Gasteiger partial charge in [-0.15, -0.1) is 0 Å². The molecule has 0 bridgehead atoms. The van der Waals surface area contributed by atoms with Crippen molar-refractivity contribution in [2.75, 3.05) is 45.7 Å². The zero-order chi connectivity index (χ0) is 20.8. The third-order valence-corrected chi connectivity index (χ3v) is 5.87. The molecule has 0 radical (unpaired) electrons. The molecule has 1 saturated heterocycles. The number of methoxy groups -OCH3 is 2. The molecule has 1 atom stereocenters. The second-order valence-corrected chi connectivity index (χ2v) is 7.93. The molecule has 1 aliphatic rings. The number of quaternary nitrogens is 2. The van der Waals surface area contributed by atoms with Gasteiger partial charge in [-0.2, -0.15) is 0 Å². The van der Waals surface area contributed by atoms with Gasteiger partial charge in [-0.3, -0.25) is 4.79 Å². The van der Waals surface area contributed by atoms with Gasteiger partial charge in [0.15, 0.2) is 17.5 Å². The highest BCUT2D eigenvalue weighted by Gasteiger charge is 2.31. The van der Waals surface area contributed by atoms with Crippen molar-refractivity contribution >= 4 is 23.2 Å². The number of amides is 1. The van der Waals surface area contributed by atoms with Crippen LogP contribution >= 0.6 is 11.6 Å². The van der Waals surface area contributed by atoms with Crippen LogP contribution in [0.25, 0.3) is 0 Å². The molecule has 1 heterocycles. The van der Waals surface area contributed by atoms with Crippen LogP contribution in [-0.2, 0) is 11.3 Å². The van der Waals surface area contributed by atoms with Gasteiger partial charge in [0.2, 0.25) is 0 Å². The number of ether oxygens (including phenoxy) is 2.